The highest BCUT2D eigenvalue weighted by Gasteiger charge is 2.15. The first kappa shape index (κ1) is 16.7. The first-order valence-electron chi connectivity index (χ1n) is 8.27. The van der Waals surface area contributed by atoms with Gasteiger partial charge in [0.1, 0.15) is 6.54 Å². The Labute approximate surface area is 148 Å². The van der Waals surface area contributed by atoms with E-state index in [4.69, 9.17) is 0 Å². The summed E-state index contributed by atoms with van der Waals surface area (Å²) in [6.45, 7) is 0.102. The molecule has 0 aliphatic heterocycles. The maximum absolute atomic E-state index is 12.4. The Morgan fingerprint density at radius 2 is 1.28 bits per heavy atom. The minimum Gasteiger partial charge on any atom is -0.344 e. The zero-order valence-corrected chi connectivity index (χ0v) is 13.9. The topological polar surface area (TPSA) is 41.5 Å². The van der Waals surface area contributed by atoms with Gasteiger partial charge in [0, 0.05) is 6.21 Å². The molecule has 3 aromatic carbocycles. The molecule has 0 heterocycles. The molecule has 25 heavy (non-hydrogen) atoms. The van der Waals surface area contributed by atoms with E-state index in [0.717, 1.165) is 16.7 Å². The molecule has 0 aliphatic carbocycles. The Morgan fingerprint density at radius 3 is 1.80 bits per heavy atom. The van der Waals surface area contributed by atoms with Crippen LogP contribution in [0.5, 0.6) is 0 Å². The zero-order chi connectivity index (χ0) is 17.3. The fraction of sp³-hybridized carbons (Fsp3) is 0.0909. The molecule has 0 saturated carbocycles. The smallest absolute Gasteiger partial charge is 0.242 e. The standard InChI is InChI=1S/C22H20N2O/c25-21(17-23-16-18-10-4-1-5-11-18)24-22(19-12-6-2-7-13-19)20-14-8-3-9-15-20/h1-16,22H,17H2,(H,24,25)/b23-16-. The van der Waals surface area contributed by atoms with Gasteiger partial charge in [-0.1, -0.05) is 91.0 Å². The molecule has 0 aliphatic rings. The van der Waals surface area contributed by atoms with Crippen LogP contribution in [-0.4, -0.2) is 18.7 Å². The van der Waals surface area contributed by atoms with Crippen molar-refractivity contribution in [2.45, 2.75) is 6.04 Å². The third-order valence-corrected chi connectivity index (χ3v) is 3.85. The number of hydrogen-bond donors (Lipinski definition) is 1. The van der Waals surface area contributed by atoms with Crippen molar-refractivity contribution in [3.63, 3.8) is 0 Å². The number of amides is 1. The van der Waals surface area contributed by atoms with Gasteiger partial charge in [0.05, 0.1) is 6.04 Å². The summed E-state index contributed by atoms with van der Waals surface area (Å²) in [5.74, 6) is -0.107. The van der Waals surface area contributed by atoms with Crippen molar-refractivity contribution in [1.29, 1.82) is 0 Å². The number of nitrogens with one attached hydrogen (secondary N) is 1. The van der Waals surface area contributed by atoms with E-state index in [1.54, 1.807) is 6.21 Å². The fourth-order valence-electron chi connectivity index (χ4n) is 2.63. The summed E-state index contributed by atoms with van der Waals surface area (Å²) >= 11 is 0. The largest absolute Gasteiger partial charge is 0.344 e. The number of carbonyl (C=O) groups is 1. The molecule has 0 saturated heterocycles. The Morgan fingerprint density at radius 1 is 0.800 bits per heavy atom. The van der Waals surface area contributed by atoms with E-state index in [1.807, 2.05) is 91.0 Å². The van der Waals surface area contributed by atoms with Gasteiger partial charge in [0.25, 0.3) is 0 Å². The molecule has 0 atom stereocenters. The lowest BCUT2D eigenvalue weighted by atomic mass is 9.99. The van der Waals surface area contributed by atoms with Crippen LogP contribution >= 0.6 is 0 Å². The summed E-state index contributed by atoms with van der Waals surface area (Å²) in [6.07, 6.45) is 1.72. The summed E-state index contributed by atoms with van der Waals surface area (Å²) in [4.78, 5) is 16.6. The van der Waals surface area contributed by atoms with Crippen molar-refractivity contribution in [3.8, 4) is 0 Å². The van der Waals surface area contributed by atoms with E-state index in [-0.39, 0.29) is 18.5 Å². The Hall–Kier alpha value is -3.20. The molecule has 3 rings (SSSR count). The van der Waals surface area contributed by atoms with E-state index in [2.05, 4.69) is 10.3 Å². The highest BCUT2D eigenvalue weighted by atomic mass is 16.1. The van der Waals surface area contributed by atoms with Gasteiger partial charge in [-0.3, -0.25) is 9.79 Å². The van der Waals surface area contributed by atoms with Crippen LogP contribution in [-0.2, 0) is 4.79 Å². The van der Waals surface area contributed by atoms with Gasteiger partial charge >= 0.3 is 0 Å². The molecule has 0 aromatic heterocycles. The summed E-state index contributed by atoms with van der Waals surface area (Å²) in [5.41, 5.74) is 3.08. The van der Waals surface area contributed by atoms with Crippen molar-refractivity contribution in [2.75, 3.05) is 6.54 Å². The van der Waals surface area contributed by atoms with Crippen LogP contribution in [0.4, 0.5) is 0 Å². The van der Waals surface area contributed by atoms with Crippen LogP contribution < -0.4 is 5.32 Å². The van der Waals surface area contributed by atoms with E-state index in [9.17, 15) is 4.79 Å². The van der Waals surface area contributed by atoms with Gasteiger partial charge in [-0.25, -0.2) is 0 Å². The number of hydrogen-bond acceptors (Lipinski definition) is 2. The second-order valence-corrected chi connectivity index (χ2v) is 5.70. The second kappa shape index (κ2) is 8.60. The van der Waals surface area contributed by atoms with Crippen LogP contribution in [0.3, 0.4) is 0 Å². The number of benzene rings is 3. The van der Waals surface area contributed by atoms with Crippen LogP contribution in [0.1, 0.15) is 22.7 Å². The van der Waals surface area contributed by atoms with Crippen LogP contribution in [0.25, 0.3) is 0 Å². The van der Waals surface area contributed by atoms with Gasteiger partial charge in [-0.2, -0.15) is 0 Å². The predicted molar refractivity (Wildman–Crippen MR) is 102 cm³/mol. The van der Waals surface area contributed by atoms with Gasteiger partial charge in [-0.15, -0.1) is 0 Å². The summed E-state index contributed by atoms with van der Waals surface area (Å²) in [5, 5.41) is 3.08. The predicted octanol–water partition coefficient (Wildman–Crippen LogP) is 4.01. The van der Waals surface area contributed by atoms with Gasteiger partial charge in [-0.05, 0) is 16.7 Å². The Kier molecular flexibility index (Phi) is 5.73. The van der Waals surface area contributed by atoms with Crippen molar-refractivity contribution in [1.82, 2.24) is 5.32 Å². The summed E-state index contributed by atoms with van der Waals surface area (Å²) in [7, 11) is 0. The van der Waals surface area contributed by atoms with E-state index >= 15 is 0 Å². The average Bonchev–Trinajstić information content (AvgIpc) is 2.68. The molecule has 0 spiro atoms. The maximum Gasteiger partial charge on any atom is 0.242 e. The minimum absolute atomic E-state index is 0.102. The Bertz CT molecular complexity index is 775. The lowest BCUT2D eigenvalue weighted by molar-refractivity contribution is -0.120. The van der Waals surface area contributed by atoms with Crippen molar-refractivity contribution in [3.05, 3.63) is 108 Å². The lowest BCUT2D eigenvalue weighted by Gasteiger charge is -2.19. The molecular formula is C22H20N2O. The first-order valence-corrected chi connectivity index (χ1v) is 8.27. The Balaban J connectivity index is 1.70. The van der Waals surface area contributed by atoms with E-state index in [1.165, 1.54) is 0 Å². The minimum atomic E-state index is -0.179. The van der Waals surface area contributed by atoms with E-state index < -0.39 is 0 Å². The van der Waals surface area contributed by atoms with Crippen LogP contribution in [0.2, 0.25) is 0 Å². The highest BCUT2D eigenvalue weighted by molar-refractivity contribution is 5.84. The van der Waals surface area contributed by atoms with Gasteiger partial charge < -0.3 is 5.32 Å². The highest BCUT2D eigenvalue weighted by Crippen LogP contribution is 2.21. The van der Waals surface area contributed by atoms with Crippen molar-refractivity contribution >= 4 is 12.1 Å². The molecule has 0 fully saturated rings. The zero-order valence-electron chi connectivity index (χ0n) is 13.9. The molecular weight excluding hydrogens is 308 g/mol. The van der Waals surface area contributed by atoms with Crippen molar-refractivity contribution < 1.29 is 4.79 Å². The molecule has 3 heteroatoms. The quantitative estimate of drug-likeness (QED) is 0.683. The van der Waals surface area contributed by atoms with Crippen LogP contribution in [0.15, 0.2) is 96.0 Å². The lowest BCUT2D eigenvalue weighted by Crippen LogP contribution is -2.31. The number of carbonyl (C=O) groups excluding carboxylic acids is 1. The molecule has 3 nitrogen and oxygen atoms in total. The number of aliphatic imine (C=N–C) groups is 1. The number of rotatable bonds is 6. The van der Waals surface area contributed by atoms with Gasteiger partial charge in [0.15, 0.2) is 0 Å². The first-order chi connectivity index (χ1) is 12.3. The molecule has 1 amide bonds. The summed E-state index contributed by atoms with van der Waals surface area (Å²) < 4.78 is 0. The fourth-order valence-corrected chi connectivity index (χ4v) is 2.63. The second-order valence-electron chi connectivity index (χ2n) is 5.70. The monoisotopic (exact) mass is 328 g/mol. The molecule has 0 bridgehead atoms. The van der Waals surface area contributed by atoms with Crippen molar-refractivity contribution in [2.24, 2.45) is 4.99 Å². The third kappa shape index (κ3) is 4.88. The van der Waals surface area contributed by atoms with E-state index in [0.29, 0.717) is 0 Å². The SMILES string of the molecule is O=C(C/N=C\c1ccccc1)NC(c1ccccc1)c1ccccc1. The van der Waals surface area contributed by atoms with Gasteiger partial charge in [0.2, 0.25) is 5.91 Å². The number of nitrogens with zero attached hydrogens (tertiary/aromatic N) is 1. The molecule has 124 valence electrons. The average molecular weight is 328 g/mol. The molecule has 3 aromatic rings. The molecule has 0 unspecified atom stereocenters. The third-order valence-electron chi connectivity index (χ3n) is 3.85. The summed E-state index contributed by atoms with van der Waals surface area (Å²) in [6, 6.07) is 29.5. The normalized spacial score (nSPS) is 10.9. The maximum atomic E-state index is 12.4. The molecule has 0 radical (unpaired) electrons. The molecule has 1 N–H and O–H groups in total. The van der Waals surface area contributed by atoms with Crippen LogP contribution in [0, 0.1) is 0 Å².